The Balaban J connectivity index is 5.19. The lowest BCUT2D eigenvalue weighted by Gasteiger charge is -2.21. The third-order valence-corrected chi connectivity index (χ3v) is 17.4. The van der Waals surface area contributed by atoms with Crippen LogP contribution in [0.15, 0.2) is 0 Å². The second kappa shape index (κ2) is 59.4. The Bertz CT molecular complexity index is 1680. The van der Waals surface area contributed by atoms with Crippen molar-refractivity contribution in [3.8, 4) is 0 Å². The van der Waals surface area contributed by atoms with E-state index < -0.39 is 97.5 Å². The standard InChI is InChI=1S/C67H130O17P2/c1-7-9-11-13-15-16-17-23-26-32-38-44-50-65(70)78-56-63(83-66(71)51-45-39-33-27-24-21-19-18-20-22-25-30-35-41-47-59(3)4)58-82-86(75,76)80-54-61(68)53-79-85(73,74)81-57-62(55-77-64(69)49-43-37-29-14-12-10-8-2)84-67(72)52-46-40-34-28-31-36-42-48-60(5)6/h59-63,68H,7-58H2,1-6H3,(H,73,74)(H,75,76)/t61-,62+,63+/m0/s1. The summed E-state index contributed by atoms with van der Waals surface area (Å²) in [6.07, 6.45) is 43.2. The molecule has 0 aromatic heterocycles. The van der Waals surface area contributed by atoms with Gasteiger partial charge in [0.15, 0.2) is 12.2 Å². The molecule has 2 unspecified atom stereocenters. The highest BCUT2D eigenvalue weighted by atomic mass is 31.2. The van der Waals surface area contributed by atoms with Crippen molar-refractivity contribution in [3.05, 3.63) is 0 Å². The first kappa shape index (κ1) is 84.1. The van der Waals surface area contributed by atoms with E-state index in [0.29, 0.717) is 31.6 Å². The molecule has 0 rings (SSSR count). The van der Waals surface area contributed by atoms with Crippen molar-refractivity contribution in [1.82, 2.24) is 0 Å². The van der Waals surface area contributed by atoms with Gasteiger partial charge in [-0.3, -0.25) is 37.3 Å². The molecule has 0 aromatic carbocycles. The van der Waals surface area contributed by atoms with Gasteiger partial charge in [-0.15, -0.1) is 0 Å². The van der Waals surface area contributed by atoms with Crippen LogP contribution in [-0.2, 0) is 65.4 Å². The predicted molar refractivity (Wildman–Crippen MR) is 345 cm³/mol. The summed E-state index contributed by atoms with van der Waals surface area (Å²) in [5, 5.41) is 10.5. The summed E-state index contributed by atoms with van der Waals surface area (Å²) in [5.41, 5.74) is 0. The quantitative estimate of drug-likeness (QED) is 0.0222. The maximum absolute atomic E-state index is 13.0. The maximum Gasteiger partial charge on any atom is 0.472 e. The highest BCUT2D eigenvalue weighted by Gasteiger charge is 2.30. The van der Waals surface area contributed by atoms with Crippen molar-refractivity contribution < 1.29 is 80.2 Å². The molecule has 0 amide bonds. The number of phosphoric acid groups is 2. The maximum atomic E-state index is 13.0. The lowest BCUT2D eigenvalue weighted by atomic mass is 10.0. The molecular weight excluding hydrogens is 1140 g/mol. The summed E-state index contributed by atoms with van der Waals surface area (Å²) in [5.74, 6) is -0.643. The van der Waals surface area contributed by atoms with Gasteiger partial charge >= 0.3 is 39.5 Å². The minimum atomic E-state index is -4.95. The first-order chi connectivity index (χ1) is 41.4. The average Bonchev–Trinajstić information content (AvgIpc) is 3.63. The SMILES string of the molecule is CCCCCCCCCCCCCCC(=O)OC[C@H](COP(=O)(O)OC[C@@H](O)COP(=O)(O)OC[C@@H](COC(=O)CCCCCCCCC)OC(=O)CCCCCCCCCC(C)C)OC(=O)CCCCCCCCCCCCCCCCC(C)C. The van der Waals surface area contributed by atoms with Crippen LogP contribution < -0.4 is 0 Å². The van der Waals surface area contributed by atoms with Crippen LogP contribution in [0.2, 0.25) is 0 Å². The van der Waals surface area contributed by atoms with Gasteiger partial charge in [-0.05, 0) is 37.5 Å². The molecule has 5 atom stereocenters. The van der Waals surface area contributed by atoms with Crippen molar-refractivity contribution in [2.45, 2.75) is 355 Å². The minimum absolute atomic E-state index is 0.103. The first-order valence-corrected chi connectivity index (χ1v) is 38.0. The summed E-state index contributed by atoms with van der Waals surface area (Å²) < 4.78 is 68.0. The van der Waals surface area contributed by atoms with E-state index in [2.05, 4.69) is 41.5 Å². The normalized spacial score (nSPS) is 14.2. The third-order valence-electron chi connectivity index (χ3n) is 15.5. The highest BCUT2D eigenvalue weighted by Crippen LogP contribution is 2.45. The molecule has 0 aliphatic carbocycles. The fourth-order valence-electron chi connectivity index (χ4n) is 10.1. The van der Waals surface area contributed by atoms with Gasteiger partial charge in [0, 0.05) is 25.7 Å². The number of hydrogen-bond acceptors (Lipinski definition) is 15. The van der Waals surface area contributed by atoms with E-state index in [1.807, 2.05) is 0 Å². The van der Waals surface area contributed by atoms with Crippen molar-refractivity contribution in [2.75, 3.05) is 39.6 Å². The molecule has 0 saturated heterocycles. The van der Waals surface area contributed by atoms with Gasteiger partial charge < -0.3 is 33.8 Å². The zero-order valence-electron chi connectivity index (χ0n) is 55.6. The van der Waals surface area contributed by atoms with Crippen LogP contribution in [0.3, 0.4) is 0 Å². The molecule has 510 valence electrons. The molecule has 0 aromatic rings. The van der Waals surface area contributed by atoms with E-state index >= 15 is 0 Å². The second-order valence-corrected chi connectivity index (χ2v) is 28.1. The van der Waals surface area contributed by atoms with E-state index in [1.165, 1.54) is 141 Å². The number of carbonyl (C=O) groups excluding carboxylic acids is 4. The number of carbonyl (C=O) groups is 4. The molecule has 0 heterocycles. The van der Waals surface area contributed by atoms with Crippen molar-refractivity contribution in [1.29, 1.82) is 0 Å². The second-order valence-electron chi connectivity index (χ2n) is 25.2. The van der Waals surface area contributed by atoms with Crippen molar-refractivity contribution in [2.24, 2.45) is 11.8 Å². The van der Waals surface area contributed by atoms with E-state index in [9.17, 15) is 43.2 Å². The van der Waals surface area contributed by atoms with Gasteiger partial charge in [0.05, 0.1) is 26.4 Å². The number of phosphoric ester groups is 2. The Morgan fingerprint density at radius 2 is 0.535 bits per heavy atom. The zero-order valence-corrected chi connectivity index (χ0v) is 57.4. The number of aliphatic hydroxyl groups excluding tert-OH is 1. The first-order valence-electron chi connectivity index (χ1n) is 35.0. The summed E-state index contributed by atoms with van der Waals surface area (Å²) in [6.45, 7) is 9.44. The smallest absolute Gasteiger partial charge is 0.462 e. The molecule has 0 aliphatic heterocycles. The molecule has 17 nitrogen and oxygen atoms in total. The zero-order chi connectivity index (χ0) is 63.6. The van der Waals surface area contributed by atoms with Gasteiger partial charge in [0.1, 0.15) is 19.3 Å². The third kappa shape index (κ3) is 60.9. The Morgan fingerprint density at radius 3 is 0.791 bits per heavy atom. The van der Waals surface area contributed by atoms with Gasteiger partial charge in [-0.2, -0.15) is 0 Å². The van der Waals surface area contributed by atoms with Gasteiger partial charge in [0.2, 0.25) is 0 Å². The van der Waals surface area contributed by atoms with E-state index in [4.69, 9.17) is 37.0 Å². The molecule has 0 fully saturated rings. The summed E-state index contributed by atoms with van der Waals surface area (Å²) >= 11 is 0. The molecule has 19 heteroatoms. The topological polar surface area (TPSA) is 237 Å². The fraction of sp³-hybridized carbons (Fsp3) is 0.940. The number of ether oxygens (including phenoxy) is 4. The Labute approximate surface area is 524 Å². The highest BCUT2D eigenvalue weighted by molar-refractivity contribution is 7.47. The summed E-state index contributed by atoms with van der Waals surface area (Å²) in [4.78, 5) is 72.2. The minimum Gasteiger partial charge on any atom is -0.462 e. The van der Waals surface area contributed by atoms with Gasteiger partial charge in [-0.25, -0.2) is 9.13 Å². The Kier molecular flexibility index (Phi) is 58.0. The largest absolute Gasteiger partial charge is 0.472 e. The summed E-state index contributed by atoms with van der Waals surface area (Å²) in [6, 6.07) is 0. The molecule has 0 saturated carbocycles. The van der Waals surface area contributed by atoms with Crippen LogP contribution in [-0.4, -0.2) is 96.7 Å². The summed E-state index contributed by atoms with van der Waals surface area (Å²) in [7, 11) is -9.89. The molecule has 0 spiro atoms. The number of unbranched alkanes of at least 4 members (excludes halogenated alkanes) is 36. The van der Waals surface area contributed by atoms with Crippen LogP contribution in [0.5, 0.6) is 0 Å². The average molecular weight is 1270 g/mol. The molecular formula is C67H130O17P2. The number of aliphatic hydroxyl groups is 1. The Morgan fingerprint density at radius 1 is 0.314 bits per heavy atom. The van der Waals surface area contributed by atoms with Crippen LogP contribution in [0, 0.1) is 11.8 Å². The fourth-order valence-corrected chi connectivity index (χ4v) is 11.6. The van der Waals surface area contributed by atoms with E-state index in [-0.39, 0.29) is 25.7 Å². The Hall–Kier alpha value is -1.94. The van der Waals surface area contributed by atoms with Crippen molar-refractivity contribution in [3.63, 3.8) is 0 Å². The number of esters is 4. The molecule has 0 radical (unpaired) electrons. The molecule has 0 bridgehead atoms. The van der Waals surface area contributed by atoms with Crippen LogP contribution in [0.25, 0.3) is 0 Å². The van der Waals surface area contributed by atoms with Crippen LogP contribution in [0.4, 0.5) is 0 Å². The van der Waals surface area contributed by atoms with Gasteiger partial charge in [0.25, 0.3) is 0 Å². The van der Waals surface area contributed by atoms with E-state index in [0.717, 1.165) is 109 Å². The van der Waals surface area contributed by atoms with Crippen LogP contribution >= 0.6 is 15.6 Å². The molecule has 0 aliphatic rings. The predicted octanol–water partition coefficient (Wildman–Crippen LogP) is 18.8. The van der Waals surface area contributed by atoms with Crippen molar-refractivity contribution >= 4 is 39.5 Å². The molecule has 3 N–H and O–H groups in total. The number of hydrogen-bond donors (Lipinski definition) is 3. The lowest BCUT2D eigenvalue weighted by Crippen LogP contribution is -2.30. The molecule has 86 heavy (non-hydrogen) atoms. The monoisotopic (exact) mass is 1270 g/mol. The van der Waals surface area contributed by atoms with Gasteiger partial charge in [-0.1, -0.05) is 286 Å². The van der Waals surface area contributed by atoms with Crippen LogP contribution in [0.1, 0.15) is 337 Å². The lowest BCUT2D eigenvalue weighted by molar-refractivity contribution is -0.161. The van der Waals surface area contributed by atoms with E-state index in [1.54, 1.807) is 0 Å². The number of rotatable bonds is 66.